The van der Waals surface area contributed by atoms with Crippen molar-refractivity contribution in [3.05, 3.63) is 12.4 Å². The van der Waals surface area contributed by atoms with Gasteiger partial charge in [0.2, 0.25) is 0 Å². The van der Waals surface area contributed by atoms with Gasteiger partial charge in [-0.3, -0.25) is 0 Å². The average molecular weight is 195 g/mol. The van der Waals surface area contributed by atoms with E-state index in [1.807, 2.05) is 19.9 Å². The van der Waals surface area contributed by atoms with Crippen molar-refractivity contribution in [3.63, 3.8) is 0 Å². The molecular formula is C9H17N5. The van der Waals surface area contributed by atoms with Crippen LogP contribution in [0.5, 0.6) is 0 Å². The monoisotopic (exact) mass is 195 g/mol. The zero-order chi connectivity index (χ0) is 10.4. The van der Waals surface area contributed by atoms with E-state index >= 15 is 0 Å². The number of hydrogen-bond acceptors (Lipinski definition) is 5. The van der Waals surface area contributed by atoms with Gasteiger partial charge in [-0.05, 0) is 13.8 Å². The molecule has 0 fully saturated rings. The lowest BCUT2D eigenvalue weighted by Gasteiger charge is -2.09. The van der Waals surface area contributed by atoms with E-state index in [1.165, 1.54) is 6.33 Å². The van der Waals surface area contributed by atoms with Crippen molar-refractivity contribution in [2.24, 2.45) is 5.73 Å². The summed E-state index contributed by atoms with van der Waals surface area (Å²) in [7, 11) is 0. The van der Waals surface area contributed by atoms with E-state index in [4.69, 9.17) is 5.73 Å². The van der Waals surface area contributed by atoms with Gasteiger partial charge in [-0.25, -0.2) is 9.97 Å². The zero-order valence-corrected chi connectivity index (χ0v) is 8.62. The van der Waals surface area contributed by atoms with Crippen molar-refractivity contribution in [2.45, 2.75) is 19.9 Å². The number of rotatable bonds is 5. The molecule has 1 aromatic heterocycles. The Morgan fingerprint density at radius 2 is 2.00 bits per heavy atom. The first kappa shape index (κ1) is 10.7. The maximum atomic E-state index is 5.62. The number of nitrogens with two attached hydrogens (primary N) is 1. The van der Waals surface area contributed by atoms with Crippen LogP contribution in [0.4, 0.5) is 11.6 Å². The number of nitrogens with zero attached hydrogens (tertiary/aromatic N) is 2. The minimum absolute atomic E-state index is 0.118. The summed E-state index contributed by atoms with van der Waals surface area (Å²) in [4.78, 5) is 8.14. The number of nitrogens with one attached hydrogen (secondary N) is 2. The van der Waals surface area contributed by atoms with Crippen molar-refractivity contribution >= 4 is 11.6 Å². The molecule has 0 aromatic carbocycles. The minimum Gasteiger partial charge on any atom is -0.370 e. The molecular weight excluding hydrogens is 178 g/mol. The minimum atomic E-state index is 0.118. The van der Waals surface area contributed by atoms with Crippen LogP contribution in [0.2, 0.25) is 0 Å². The van der Waals surface area contributed by atoms with Crippen molar-refractivity contribution in [2.75, 3.05) is 23.7 Å². The molecule has 0 saturated heterocycles. The molecule has 78 valence electrons. The summed E-state index contributed by atoms with van der Waals surface area (Å²) in [6.45, 7) is 5.53. The van der Waals surface area contributed by atoms with Crippen LogP contribution in [0.3, 0.4) is 0 Å². The molecule has 1 unspecified atom stereocenters. The van der Waals surface area contributed by atoms with Crippen LogP contribution < -0.4 is 16.4 Å². The number of hydrogen-bond donors (Lipinski definition) is 3. The Bertz CT molecular complexity index is 274. The molecule has 5 heteroatoms. The molecule has 0 aliphatic rings. The van der Waals surface area contributed by atoms with Crippen molar-refractivity contribution in [3.8, 4) is 0 Å². The lowest BCUT2D eigenvalue weighted by atomic mass is 10.3. The van der Waals surface area contributed by atoms with Crippen LogP contribution in [0.25, 0.3) is 0 Å². The van der Waals surface area contributed by atoms with Crippen LogP contribution in [0.15, 0.2) is 12.4 Å². The van der Waals surface area contributed by atoms with Crippen LogP contribution in [0.1, 0.15) is 13.8 Å². The average Bonchev–Trinajstić information content (AvgIpc) is 2.16. The highest BCUT2D eigenvalue weighted by molar-refractivity contribution is 5.46. The molecule has 1 heterocycles. The standard InChI is InChI=1S/C9H17N5/c1-3-11-8-4-9(14-6-13-8)12-5-7(2)10/h4,6-7H,3,5,10H2,1-2H3,(H2,11,12,13,14). The van der Waals surface area contributed by atoms with E-state index in [9.17, 15) is 0 Å². The lowest BCUT2D eigenvalue weighted by molar-refractivity contribution is 0.777. The molecule has 14 heavy (non-hydrogen) atoms. The second-order valence-electron chi connectivity index (χ2n) is 3.18. The molecule has 0 aliphatic heterocycles. The Morgan fingerprint density at radius 1 is 1.36 bits per heavy atom. The van der Waals surface area contributed by atoms with Crippen molar-refractivity contribution < 1.29 is 0 Å². The first-order valence-electron chi connectivity index (χ1n) is 4.77. The highest BCUT2D eigenvalue weighted by Crippen LogP contribution is 2.07. The summed E-state index contributed by atoms with van der Waals surface area (Å²) in [5.41, 5.74) is 5.62. The van der Waals surface area contributed by atoms with E-state index in [0.29, 0.717) is 6.54 Å². The Labute approximate surface area is 84.1 Å². The van der Waals surface area contributed by atoms with E-state index in [0.717, 1.165) is 18.2 Å². The van der Waals surface area contributed by atoms with Gasteiger partial charge >= 0.3 is 0 Å². The van der Waals surface area contributed by atoms with Gasteiger partial charge in [0.05, 0.1) is 0 Å². The third kappa shape index (κ3) is 3.57. The Balaban J connectivity index is 2.54. The Kier molecular flexibility index (Phi) is 4.12. The van der Waals surface area contributed by atoms with Crippen molar-refractivity contribution in [1.82, 2.24) is 9.97 Å². The molecule has 1 rings (SSSR count). The highest BCUT2D eigenvalue weighted by Gasteiger charge is 1.98. The lowest BCUT2D eigenvalue weighted by Crippen LogP contribution is -2.25. The molecule has 1 atom stereocenters. The van der Waals surface area contributed by atoms with Crippen LogP contribution in [-0.2, 0) is 0 Å². The van der Waals surface area contributed by atoms with Gasteiger partial charge in [-0.2, -0.15) is 0 Å². The summed E-state index contributed by atoms with van der Waals surface area (Å²) in [6, 6.07) is 1.99. The van der Waals surface area contributed by atoms with E-state index < -0.39 is 0 Å². The molecule has 0 bridgehead atoms. The maximum absolute atomic E-state index is 5.62. The molecule has 0 radical (unpaired) electrons. The van der Waals surface area contributed by atoms with Gasteiger partial charge in [0.1, 0.15) is 18.0 Å². The third-order valence-electron chi connectivity index (χ3n) is 1.63. The van der Waals surface area contributed by atoms with Gasteiger partial charge in [0.15, 0.2) is 0 Å². The predicted octanol–water partition coefficient (Wildman–Crippen LogP) is 0.667. The van der Waals surface area contributed by atoms with Gasteiger partial charge in [0.25, 0.3) is 0 Å². The first-order valence-corrected chi connectivity index (χ1v) is 4.77. The molecule has 4 N–H and O–H groups in total. The molecule has 0 amide bonds. The Hall–Kier alpha value is -1.36. The summed E-state index contributed by atoms with van der Waals surface area (Å²) >= 11 is 0. The van der Waals surface area contributed by atoms with Crippen LogP contribution in [-0.4, -0.2) is 29.1 Å². The quantitative estimate of drug-likeness (QED) is 0.643. The number of aromatic nitrogens is 2. The first-order chi connectivity index (χ1) is 6.72. The van der Waals surface area contributed by atoms with Crippen LogP contribution in [0, 0.1) is 0 Å². The highest BCUT2D eigenvalue weighted by atomic mass is 15.1. The smallest absolute Gasteiger partial charge is 0.131 e. The second-order valence-corrected chi connectivity index (χ2v) is 3.18. The predicted molar refractivity (Wildman–Crippen MR) is 58.3 cm³/mol. The fourth-order valence-corrected chi connectivity index (χ4v) is 0.997. The molecule has 0 spiro atoms. The normalized spacial score (nSPS) is 12.2. The van der Waals surface area contributed by atoms with Crippen molar-refractivity contribution in [1.29, 1.82) is 0 Å². The number of anilines is 2. The summed E-state index contributed by atoms with van der Waals surface area (Å²) in [5.74, 6) is 1.63. The molecule has 0 aliphatic carbocycles. The summed E-state index contributed by atoms with van der Waals surface area (Å²) < 4.78 is 0. The third-order valence-corrected chi connectivity index (χ3v) is 1.63. The van der Waals surface area contributed by atoms with E-state index in [1.54, 1.807) is 0 Å². The van der Waals surface area contributed by atoms with Gasteiger partial charge in [-0.15, -0.1) is 0 Å². The summed E-state index contributed by atoms with van der Waals surface area (Å²) in [5, 5.41) is 6.24. The van der Waals surface area contributed by atoms with Gasteiger partial charge in [-0.1, -0.05) is 0 Å². The van der Waals surface area contributed by atoms with E-state index in [-0.39, 0.29) is 6.04 Å². The fourth-order valence-electron chi connectivity index (χ4n) is 0.997. The molecule has 0 saturated carbocycles. The fraction of sp³-hybridized carbons (Fsp3) is 0.556. The SMILES string of the molecule is CCNc1cc(NCC(C)N)ncn1. The zero-order valence-electron chi connectivity index (χ0n) is 8.62. The van der Waals surface area contributed by atoms with E-state index in [2.05, 4.69) is 20.6 Å². The molecule has 1 aromatic rings. The van der Waals surface area contributed by atoms with Crippen LogP contribution >= 0.6 is 0 Å². The van der Waals surface area contributed by atoms with Gasteiger partial charge in [0, 0.05) is 25.2 Å². The summed E-state index contributed by atoms with van der Waals surface area (Å²) in [6.07, 6.45) is 1.53. The maximum Gasteiger partial charge on any atom is 0.131 e. The van der Waals surface area contributed by atoms with Gasteiger partial charge < -0.3 is 16.4 Å². The Morgan fingerprint density at radius 3 is 2.57 bits per heavy atom. The topological polar surface area (TPSA) is 75.9 Å². The largest absolute Gasteiger partial charge is 0.370 e. The molecule has 5 nitrogen and oxygen atoms in total. The second kappa shape index (κ2) is 5.39.